The van der Waals surface area contributed by atoms with E-state index in [-0.39, 0.29) is 5.91 Å². The van der Waals surface area contributed by atoms with Gasteiger partial charge in [-0.25, -0.2) is 0 Å². The molecule has 116 valence electrons. The zero-order valence-electron chi connectivity index (χ0n) is 12.4. The molecule has 1 atom stereocenters. The van der Waals surface area contributed by atoms with Crippen molar-refractivity contribution >= 4 is 34.8 Å². The highest BCUT2D eigenvalue weighted by Gasteiger charge is 2.20. The predicted molar refractivity (Wildman–Crippen MR) is 91.0 cm³/mol. The van der Waals surface area contributed by atoms with Crippen LogP contribution < -0.4 is 10.1 Å². The van der Waals surface area contributed by atoms with Gasteiger partial charge in [0.25, 0.3) is 5.91 Å². The highest BCUT2D eigenvalue weighted by Crippen LogP contribution is 2.30. The number of aryl methyl sites for hydroxylation is 1. The van der Waals surface area contributed by atoms with Gasteiger partial charge in [0, 0.05) is 0 Å². The Labute approximate surface area is 140 Å². The second-order valence-corrected chi connectivity index (χ2v) is 5.66. The van der Waals surface area contributed by atoms with Crippen molar-refractivity contribution in [2.45, 2.75) is 26.4 Å². The van der Waals surface area contributed by atoms with Gasteiger partial charge in [0.2, 0.25) is 0 Å². The molecule has 0 spiro atoms. The monoisotopic (exact) mass is 337 g/mol. The smallest absolute Gasteiger partial charge is 0.265 e. The Morgan fingerprint density at radius 1 is 1.18 bits per heavy atom. The summed E-state index contributed by atoms with van der Waals surface area (Å²) in [5.41, 5.74) is 1.46. The molecule has 1 unspecified atom stereocenters. The number of benzene rings is 2. The second-order valence-electron chi connectivity index (χ2n) is 4.87. The molecule has 0 bridgehead atoms. The van der Waals surface area contributed by atoms with Gasteiger partial charge in [0.15, 0.2) is 6.10 Å². The number of para-hydroxylation sites is 1. The van der Waals surface area contributed by atoms with Gasteiger partial charge in [0.05, 0.1) is 15.7 Å². The third-order valence-electron chi connectivity index (χ3n) is 3.24. The van der Waals surface area contributed by atoms with Crippen LogP contribution in [0.5, 0.6) is 5.75 Å². The van der Waals surface area contributed by atoms with Gasteiger partial charge in [-0.05, 0) is 37.1 Å². The van der Waals surface area contributed by atoms with Crippen LogP contribution in [0.15, 0.2) is 42.5 Å². The van der Waals surface area contributed by atoms with E-state index in [9.17, 15) is 4.79 Å². The van der Waals surface area contributed by atoms with Crippen LogP contribution in [0.4, 0.5) is 5.69 Å². The Balaban J connectivity index is 2.12. The molecule has 5 heteroatoms. The van der Waals surface area contributed by atoms with Crippen LogP contribution in [0.1, 0.15) is 18.9 Å². The van der Waals surface area contributed by atoms with Crippen molar-refractivity contribution in [3.8, 4) is 5.75 Å². The molecule has 0 aliphatic heterocycles. The van der Waals surface area contributed by atoms with Crippen molar-refractivity contribution in [3.05, 3.63) is 58.1 Å². The Bertz CT molecular complexity index is 673. The number of anilines is 1. The third kappa shape index (κ3) is 3.93. The summed E-state index contributed by atoms with van der Waals surface area (Å²) >= 11 is 12.0. The Hall–Kier alpha value is -1.71. The van der Waals surface area contributed by atoms with E-state index < -0.39 is 6.10 Å². The quantitative estimate of drug-likeness (QED) is 0.824. The molecular formula is C17H17Cl2NO2. The van der Waals surface area contributed by atoms with Gasteiger partial charge in [-0.1, -0.05) is 54.4 Å². The molecule has 0 saturated heterocycles. The lowest BCUT2D eigenvalue weighted by atomic mass is 10.2. The van der Waals surface area contributed by atoms with Crippen LogP contribution in [0.2, 0.25) is 10.0 Å². The van der Waals surface area contributed by atoms with Crippen molar-refractivity contribution in [2.24, 2.45) is 0 Å². The number of halogens is 2. The van der Waals surface area contributed by atoms with Gasteiger partial charge in [-0.3, -0.25) is 4.79 Å². The molecule has 2 aromatic carbocycles. The molecule has 1 amide bonds. The first-order valence-corrected chi connectivity index (χ1v) is 7.75. The van der Waals surface area contributed by atoms with E-state index in [0.717, 1.165) is 5.56 Å². The topological polar surface area (TPSA) is 38.3 Å². The number of carbonyl (C=O) groups excluding carboxylic acids is 1. The lowest BCUT2D eigenvalue weighted by Gasteiger charge is -2.19. The summed E-state index contributed by atoms with van der Waals surface area (Å²) in [5.74, 6) is 0.441. The Morgan fingerprint density at radius 2 is 1.91 bits per heavy atom. The van der Waals surface area contributed by atoms with E-state index >= 15 is 0 Å². The van der Waals surface area contributed by atoms with Crippen molar-refractivity contribution < 1.29 is 9.53 Å². The maximum absolute atomic E-state index is 12.4. The van der Waals surface area contributed by atoms with Gasteiger partial charge < -0.3 is 10.1 Å². The predicted octanol–water partition coefficient (Wildman–Crippen LogP) is 5.10. The molecule has 3 nitrogen and oxygen atoms in total. The molecule has 0 fully saturated rings. The number of rotatable bonds is 5. The number of hydrogen-bond donors (Lipinski definition) is 1. The van der Waals surface area contributed by atoms with Crippen LogP contribution >= 0.6 is 23.2 Å². The van der Waals surface area contributed by atoms with E-state index in [0.29, 0.717) is 27.9 Å². The molecule has 22 heavy (non-hydrogen) atoms. The highest BCUT2D eigenvalue weighted by molar-refractivity contribution is 6.44. The number of carbonyl (C=O) groups is 1. The zero-order valence-corrected chi connectivity index (χ0v) is 13.9. The molecule has 2 aromatic rings. The van der Waals surface area contributed by atoms with Crippen LogP contribution in [0, 0.1) is 6.92 Å². The Kier molecular flexibility index (Phi) is 5.69. The van der Waals surface area contributed by atoms with Crippen LogP contribution in [-0.2, 0) is 4.79 Å². The van der Waals surface area contributed by atoms with E-state index in [1.807, 2.05) is 38.1 Å². The first kappa shape index (κ1) is 16.7. The minimum absolute atomic E-state index is 0.255. The van der Waals surface area contributed by atoms with Crippen LogP contribution in [0.25, 0.3) is 0 Å². The van der Waals surface area contributed by atoms with Crippen LogP contribution in [0.3, 0.4) is 0 Å². The van der Waals surface area contributed by atoms with Crippen molar-refractivity contribution in [1.29, 1.82) is 0 Å². The standard InChI is InChI=1S/C17H17Cl2NO2/c1-3-14(22-15-10-5-4-7-11(15)2)17(21)20-13-9-6-8-12(18)16(13)19/h4-10,14H,3H2,1-2H3,(H,20,21). The summed E-state index contributed by atoms with van der Waals surface area (Å²) < 4.78 is 5.81. The second kappa shape index (κ2) is 7.52. The first-order valence-electron chi connectivity index (χ1n) is 7.00. The summed E-state index contributed by atoms with van der Waals surface area (Å²) in [6, 6.07) is 12.7. The highest BCUT2D eigenvalue weighted by atomic mass is 35.5. The minimum atomic E-state index is -0.601. The van der Waals surface area contributed by atoms with Crippen LogP contribution in [-0.4, -0.2) is 12.0 Å². The molecular weight excluding hydrogens is 321 g/mol. The average molecular weight is 338 g/mol. The van der Waals surface area contributed by atoms with E-state index in [1.54, 1.807) is 18.2 Å². The Morgan fingerprint density at radius 3 is 2.59 bits per heavy atom. The summed E-state index contributed by atoms with van der Waals surface area (Å²) in [7, 11) is 0. The van der Waals surface area contributed by atoms with E-state index in [2.05, 4.69) is 5.32 Å². The molecule has 0 heterocycles. The number of amides is 1. The average Bonchev–Trinajstić information content (AvgIpc) is 2.51. The summed E-state index contributed by atoms with van der Waals surface area (Å²) in [5, 5.41) is 3.48. The zero-order chi connectivity index (χ0) is 16.1. The summed E-state index contributed by atoms with van der Waals surface area (Å²) in [4.78, 5) is 12.4. The molecule has 0 saturated carbocycles. The molecule has 2 rings (SSSR count). The number of nitrogens with one attached hydrogen (secondary N) is 1. The number of ether oxygens (including phenoxy) is 1. The van der Waals surface area contributed by atoms with Crippen molar-refractivity contribution in [3.63, 3.8) is 0 Å². The first-order chi connectivity index (χ1) is 10.5. The maximum Gasteiger partial charge on any atom is 0.265 e. The van der Waals surface area contributed by atoms with Gasteiger partial charge in [0.1, 0.15) is 5.75 Å². The molecule has 0 aromatic heterocycles. The van der Waals surface area contributed by atoms with Crippen molar-refractivity contribution in [2.75, 3.05) is 5.32 Å². The lowest BCUT2D eigenvalue weighted by molar-refractivity contribution is -0.122. The fourth-order valence-electron chi connectivity index (χ4n) is 1.98. The SMILES string of the molecule is CCC(Oc1ccccc1C)C(=O)Nc1cccc(Cl)c1Cl. The van der Waals surface area contributed by atoms with Gasteiger partial charge in [-0.15, -0.1) is 0 Å². The number of hydrogen-bond acceptors (Lipinski definition) is 2. The van der Waals surface area contributed by atoms with E-state index in [4.69, 9.17) is 27.9 Å². The normalized spacial score (nSPS) is 11.8. The molecule has 1 N–H and O–H groups in total. The van der Waals surface area contributed by atoms with E-state index in [1.165, 1.54) is 0 Å². The van der Waals surface area contributed by atoms with Gasteiger partial charge >= 0.3 is 0 Å². The largest absolute Gasteiger partial charge is 0.480 e. The van der Waals surface area contributed by atoms with Gasteiger partial charge in [-0.2, -0.15) is 0 Å². The maximum atomic E-state index is 12.4. The minimum Gasteiger partial charge on any atom is -0.480 e. The molecule has 0 radical (unpaired) electrons. The third-order valence-corrected chi connectivity index (χ3v) is 4.05. The summed E-state index contributed by atoms with van der Waals surface area (Å²) in [6.07, 6.45) is -0.0608. The fourth-order valence-corrected chi connectivity index (χ4v) is 2.33. The lowest BCUT2D eigenvalue weighted by Crippen LogP contribution is -2.32. The molecule has 0 aliphatic carbocycles. The fraction of sp³-hybridized carbons (Fsp3) is 0.235. The summed E-state index contributed by atoms with van der Waals surface area (Å²) in [6.45, 7) is 3.83. The molecule has 0 aliphatic rings. The van der Waals surface area contributed by atoms with Crippen molar-refractivity contribution in [1.82, 2.24) is 0 Å².